The first-order valence-corrected chi connectivity index (χ1v) is 5.51. The minimum Gasteiger partial charge on any atom is -0.393 e. The van der Waals surface area contributed by atoms with Crippen molar-refractivity contribution in [3.8, 4) is 5.69 Å². The average Bonchev–Trinajstić information content (AvgIpc) is 2.82. The van der Waals surface area contributed by atoms with Gasteiger partial charge in [-0.2, -0.15) is 0 Å². The van der Waals surface area contributed by atoms with E-state index in [-0.39, 0.29) is 11.4 Å². The van der Waals surface area contributed by atoms with Crippen molar-refractivity contribution in [1.82, 2.24) is 15.0 Å². The molecule has 0 saturated heterocycles. The first kappa shape index (κ1) is 11.1. The van der Waals surface area contributed by atoms with Crippen LogP contribution < -0.4 is 5.73 Å². The molecule has 0 bridgehead atoms. The highest BCUT2D eigenvalue weighted by Crippen LogP contribution is 2.25. The van der Waals surface area contributed by atoms with Crippen LogP contribution in [-0.2, 0) is 0 Å². The maximum atomic E-state index is 10.7. The first-order valence-electron chi connectivity index (χ1n) is 5.51. The number of nitrogens with zero attached hydrogens (tertiary/aromatic N) is 4. The summed E-state index contributed by atoms with van der Waals surface area (Å²) in [5.41, 5.74) is 7.85. The Morgan fingerprint density at radius 1 is 1.21 bits per heavy atom. The summed E-state index contributed by atoms with van der Waals surface area (Å²) in [7, 11) is 0. The quantitative estimate of drug-likeness (QED) is 0.428. The Hall–Kier alpha value is -2.96. The van der Waals surface area contributed by atoms with Crippen molar-refractivity contribution >= 4 is 22.4 Å². The SMILES string of the molecule is Nc1cc(-n2nnc3ccccc32)ccc1[N+](=O)[O-]. The molecule has 0 aliphatic rings. The monoisotopic (exact) mass is 255 g/mol. The van der Waals surface area contributed by atoms with Crippen LogP contribution >= 0.6 is 0 Å². The fraction of sp³-hybridized carbons (Fsp3) is 0. The molecule has 0 unspecified atom stereocenters. The Bertz CT molecular complexity index is 781. The molecule has 0 amide bonds. The summed E-state index contributed by atoms with van der Waals surface area (Å²) < 4.78 is 1.59. The molecule has 0 aliphatic heterocycles. The van der Waals surface area contributed by atoms with Gasteiger partial charge in [0.25, 0.3) is 5.69 Å². The second-order valence-corrected chi connectivity index (χ2v) is 3.99. The molecule has 0 radical (unpaired) electrons. The summed E-state index contributed by atoms with van der Waals surface area (Å²) >= 11 is 0. The maximum absolute atomic E-state index is 10.7. The van der Waals surface area contributed by atoms with E-state index >= 15 is 0 Å². The Balaban J connectivity index is 2.17. The minimum atomic E-state index is -0.515. The molecule has 7 nitrogen and oxygen atoms in total. The lowest BCUT2D eigenvalue weighted by Gasteiger charge is -2.03. The first-order chi connectivity index (χ1) is 9.16. The molecule has 1 aromatic heterocycles. The summed E-state index contributed by atoms with van der Waals surface area (Å²) in [4.78, 5) is 10.2. The van der Waals surface area contributed by atoms with Crippen LogP contribution in [0.1, 0.15) is 0 Å². The van der Waals surface area contributed by atoms with Crippen LogP contribution in [0.25, 0.3) is 16.7 Å². The molecule has 0 aliphatic carbocycles. The van der Waals surface area contributed by atoms with Gasteiger partial charge in [-0.25, -0.2) is 4.68 Å². The fourth-order valence-electron chi connectivity index (χ4n) is 1.90. The lowest BCUT2D eigenvalue weighted by atomic mass is 10.2. The topological polar surface area (TPSA) is 99.9 Å². The van der Waals surface area contributed by atoms with Gasteiger partial charge in [0.05, 0.1) is 16.1 Å². The molecule has 1 heterocycles. The number of aromatic nitrogens is 3. The van der Waals surface area contributed by atoms with E-state index in [1.165, 1.54) is 12.1 Å². The number of hydrogen-bond acceptors (Lipinski definition) is 5. The highest BCUT2D eigenvalue weighted by atomic mass is 16.6. The third-order valence-electron chi connectivity index (χ3n) is 2.80. The van der Waals surface area contributed by atoms with Crippen molar-refractivity contribution in [2.24, 2.45) is 0 Å². The van der Waals surface area contributed by atoms with Gasteiger partial charge >= 0.3 is 0 Å². The molecule has 0 saturated carbocycles. The zero-order chi connectivity index (χ0) is 13.4. The largest absolute Gasteiger partial charge is 0.393 e. The van der Waals surface area contributed by atoms with Gasteiger partial charge in [0.2, 0.25) is 0 Å². The van der Waals surface area contributed by atoms with E-state index in [2.05, 4.69) is 10.3 Å². The smallest absolute Gasteiger partial charge is 0.292 e. The van der Waals surface area contributed by atoms with Gasteiger partial charge in [-0.05, 0) is 24.3 Å². The second-order valence-electron chi connectivity index (χ2n) is 3.99. The van der Waals surface area contributed by atoms with Gasteiger partial charge in [-0.15, -0.1) is 5.10 Å². The van der Waals surface area contributed by atoms with E-state index in [9.17, 15) is 10.1 Å². The van der Waals surface area contributed by atoms with Crippen molar-refractivity contribution in [2.45, 2.75) is 0 Å². The maximum Gasteiger partial charge on any atom is 0.292 e. The molecule has 19 heavy (non-hydrogen) atoms. The van der Waals surface area contributed by atoms with Crippen LogP contribution in [0.15, 0.2) is 42.5 Å². The van der Waals surface area contributed by atoms with E-state index in [1.807, 2.05) is 24.3 Å². The molecule has 2 N–H and O–H groups in total. The lowest BCUT2D eigenvalue weighted by Crippen LogP contribution is -2.00. The zero-order valence-electron chi connectivity index (χ0n) is 9.72. The van der Waals surface area contributed by atoms with Gasteiger partial charge in [-0.3, -0.25) is 10.1 Å². The normalized spacial score (nSPS) is 10.7. The van der Waals surface area contributed by atoms with Crippen molar-refractivity contribution in [1.29, 1.82) is 0 Å². The number of rotatable bonds is 2. The third kappa shape index (κ3) is 1.77. The molecule has 0 fully saturated rings. The predicted molar refractivity (Wildman–Crippen MR) is 69.9 cm³/mol. The Morgan fingerprint density at radius 3 is 2.74 bits per heavy atom. The molecule has 7 heteroatoms. The molecular formula is C12H9N5O2. The van der Waals surface area contributed by atoms with Gasteiger partial charge in [0, 0.05) is 6.07 Å². The number of benzene rings is 2. The van der Waals surface area contributed by atoms with Crippen LogP contribution in [0.5, 0.6) is 0 Å². The van der Waals surface area contributed by atoms with Crippen LogP contribution in [-0.4, -0.2) is 19.9 Å². The summed E-state index contributed by atoms with van der Waals surface area (Å²) in [5.74, 6) is 0. The number of fused-ring (bicyclic) bond motifs is 1. The summed E-state index contributed by atoms with van der Waals surface area (Å²) in [6, 6.07) is 11.9. The predicted octanol–water partition coefficient (Wildman–Crippen LogP) is 1.91. The minimum absolute atomic E-state index is 0.0991. The summed E-state index contributed by atoms with van der Waals surface area (Å²) in [5, 5.41) is 18.8. The molecule has 2 aromatic carbocycles. The number of nitro groups is 1. The highest BCUT2D eigenvalue weighted by molar-refractivity contribution is 5.76. The molecule has 0 atom stereocenters. The van der Waals surface area contributed by atoms with Crippen molar-refractivity contribution < 1.29 is 4.92 Å². The van der Waals surface area contributed by atoms with Gasteiger partial charge in [0.1, 0.15) is 11.2 Å². The Kier molecular flexibility index (Phi) is 2.38. The zero-order valence-corrected chi connectivity index (χ0v) is 9.72. The number of para-hydroxylation sites is 1. The molecule has 3 aromatic rings. The molecular weight excluding hydrogens is 246 g/mol. The third-order valence-corrected chi connectivity index (χ3v) is 2.80. The number of hydrogen-bond donors (Lipinski definition) is 1. The standard InChI is InChI=1S/C12H9N5O2/c13-9-7-8(5-6-11(9)17(18)19)16-12-4-2-1-3-10(12)14-15-16/h1-7H,13H2. The van der Waals surface area contributed by atoms with Crippen LogP contribution in [0.2, 0.25) is 0 Å². The summed E-state index contributed by atoms with van der Waals surface area (Å²) in [6.07, 6.45) is 0. The fourth-order valence-corrected chi connectivity index (χ4v) is 1.90. The Labute approximate surface area is 107 Å². The number of nitro benzene ring substituents is 1. The van der Waals surface area contributed by atoms with Crippen molar-refractivity contribution in [2.75, 3.05) is 5.73 Å². The second kappa shape index (κ2) is 4.05. The van der Waals surface area contributed by atoms with E-state index < -0.39 is 4.92 Å². The van der Waals surface area contributed by atoms with Crippen molar-refractivity contribution in [3.05, 3.63) is 52.6 Å². The van der Waals surface area contributed by atoms with Gasteiger partial charge in [0.15, 0.2) is 0 Å². The van der Waals surface area contributed by atoms with E-state index in [0.717, 1.165) is 11.0 Å². The van der Waals surface area contributed by atoms with E-state index in [1.54, 1.807) is 10.7 Å². The summed E-state index contributed by atoms with van der Waals surface area (Å²) in [6.45, 7) is 0. The number of anilines is 1. The molecule has 3 rings (SSSR count). The van der Waals surface area contributed by atoms with Crippen molar-refractivity contribution in [3.63, 3.8) is 0 Å². The van der Waals surface area contributed by atoms with Crippen LogP contribution in [0, 0.1) is 10.1 Å². The van der Waals surface area contributed by atoms with E-state index in [4.69, 9.17) is 5.73 Å². The van der Waals surface area contributed by atoms with Gasteiger partial charge < -0.3 is 5.73 Å². The van der Waals surface area contributed by atoms with E-state index in [0.29, 0.717) is 5.69 Å². The van der Waals surface area contributed by atoms with Crippen LogP contribution in [0.4, 0.5) is 11.4 Å². The lowest BCUT2D eigenvalue weighted by molar-refractivity contribution is -0.383. The van der Waals surface area contributed by atoms with Gasteiger partial charge in [-0.1, -0.05) is 17.3 Å². The average molecular weight is 255 g/mol. The number of nitrogen functional groups attached to an aromatic ring is 1. The Morgan fingerprint density at radius 2 is 2.00 bits per heavy atom. The highest BCUT2D eigenvalue weighted by Gasteiger charge is 2.13. The number of nitrogens with two attached hydrogens (primary N) is 1. The molecule has 0 spiro atoms. The van der Waals surface area contributed by atoms with Crippen LogP contribution in [0.3, 0.4) is 0 Å². The molecule has 94 valence electrons.